The van der Waals surface area contributed by atoms with Crippen molar-refractivity contribution in [3.63, 3.8) is 0 Å². The van der Waals surface area contributed by atoms with Crippen molar-refractivity contribution in [1.29, 1.82) is 0 Å². The van der Waals surface area contributed by atoms with Crippen LogP contribution in [0, 0.1) is 0 Å². The molecule has 20 heavy (non-hydrogen) atoms. The molecule has 3 rings (SSSR count). The van der Waals surface area contributed by atoms with Gasteiger partial charge in [0.15, 0.2) is 0 Å². The molecule has 0 radical (unpaired) electrons. The van der Waals surface area contributed by atoms with E-state index in [1.807, 2.05) is 18.2 Å². The minimum Gasteiger partial charge on any atom is -0.353 e. The van der Waals surface area contributed by atoms with E-state index in [1.54, 1.807) is 0 Å². The molecule has 1 unspecified atom stereocenters. The van der Waals surface area contributed by atoms with Crippen LogP contribution < -0.4 is 10.6 Å². The number of piperazine rings is 1. The average molecular weight is 266 g/mol. The van der Waals surface area contributed by atoms with Crippen molar-refractivity contribution in [1.82, 2.24) is 10.6 Å². The molecule has 0 bridgehead atoms. The highest BCUT2D eigenvalue weighted by atomic mass is 16.2. The van der Waals surface area contributed by atoms with Crippen LogP contribution in [-0.2, 0) is 11.2 Å². The number of benzene rings is 2. The van der Waals surface area contributed by atoms with Crippen molar-refractivity contribution in [2.75, 3.05) is 13.1 Å². The molecule has 1 aliphatic heterocycles. The summed E-state index contributed by atoms with van der Waals surface area (Å²) in [4.78, 5) is 11.8. The van der Waals surface area contributed by atoms with Crippen LogP contribution in [0.2, 0.25) is 0 Å². The van der Waals surface area contributed by atoms with Gasteiger partial charge in [0.1, 0.15) is 0 Å². The number of amides is 1. The zero-order valence-corrected chi connectivity index (χ0v) is 11.3. The zero-order chi connectivity index (χ0) is 13.8. The lowest BCUT2D eigenvalue weighted by Crippen LogP contribution is -2.53. The Balaban J connectivity index is 1.79. The molecule has 3 nitrogen and oxygen atoms in total. The fraction of sp³-hybridized carbons (Fsp3) is 0.235. The van der Waals surface area contributed by atoms with Crippen molar-refractivity contribution >= 4 is 5.91 Å². The Kier molecular flexibility index (Phi) is 3.79. The van der Waals surface area contributed by atoms with Crippen LogP contribution in [-0.4, -0.2) is 25.0 Å². The standard InChI is InChI=1S/C17H18N2O/c20-17-16(18-9-10-19-17)12-13-5-4-8-15(11-13)14-6-2-1-3-7-14/h1-8,11,16,18H,9-10,12H2,(H,19,20). The molecule has 1 heterocycles. The van der Waals surface area contributed by atoms with Crippen LogP contribution in [0.15, 0.2) is 54.6 Å². The summed E-state index contributed by atoms with van der Waals surface area (Å²) in [5.41, 5.74) is 3.58. The van der Waals surface area contributed by atoms with Gasteiger partial charge < -0.3 is 10.6 Å². The van der Waals surface area contributed by atoms with Crippen molar-refractivity contribution in [2.45, 2.75) is 12.5 Å². The van der Waals surface area contributed by atoms with E-state index in [-0.39, 0.29) is 11.9 Å². The second-order valence-electron chi connectivity index (χ2n) is 5.07. The van der Waals surface area contributed by atoms with E-state index in [2.05, 4.69) is 47.0 Å². The van der Waals surface area contributed by atoms with E-state index in [9.17, 15) is 4.79 Å². The largest absolute Gasteiger partial charge is 0.353 e. The molecule has 1 fully saturated rings. The van der Waals surface area contributed by atoms with Gasteiger partial charge in [-0.2, -0.15) is 0 Å². The normalized spacial score (nSPS) is 18.6. The molecular weight excluding hydrogens is 248 g/mol. The topological polar surface area (TPSA) is 41.1 Å². The van der Waals surface area contributed by atoms with E-state index >= 15 is 0 Å². The number of hydrogen-bond acceptors (Lipinski definition) is 2. The summed E-state index contributed by atoms with van der Waals surface area (Å²) in [7, 11) is 0. The molecule has 1 aliphatic rings. The minimum atomic E-state index is -0.116. The molecule has 3 heteroatoms. The molecule has 2 aromatic rings. The molecule has 1 saturated heterocycles. The summed E-state index contributed by atoms with van der Waals surface area (Å²) < 4.78 is 0. The summed E-state index contributed by atoms with van der Waals surface area (Å²) in [6.45, 7) is 1.56. The van der Waals surface area contributed by atoms with Gasteiger partial charge >= 0.3 is 0 Å². The van der Waals surface area contributed by atoms with Gasteiger partial charge in [-0.05, 0) is 23.1 Å². The van der Waals surface area contributed by atoms with Gasteiger partial charge in [-0.25, -0.2) is 0 Å². The highest BCUT2D eigenvalue weighted by Gasteiger charge is 2.21. The highest BCUT2D eigenvalue weighted by Crippen LogP contribution is 2.20. The first-order chi connectivity index (χ1) is 9.83. The first-order valence-electron chi connectivity index (χ1n) is 6.98. The maximum atomic E-state index is 11.8. The van der Waals surface area contributed by atoms with Gasteiger partial charge in [-0.1, -0.05) is 54.6 Å². The first-order valence-corrected chi connectivity index (χ1v) is 6.98. The Morgan fingerprint density at radius 1 is 0.950 bits per heavy atom. The van der Waals surface area contributed by atoms with Gasteiger partial charge in [0, 0.05) is 13.1 Å². The lowest BCUT2D eigenvalue weighted by molar-refractivity contribution is -0.124. The van der Waals surface area contributed by atoms with Crippen molar-refractivity contribution in [3.8, 4) is 11.1 Å². The van der Waals surface area contributed by atoms with Gasteiger partial charge in [0.05, 0.1) is 6.04 Å². The summed E-state index contributed by atoms with van der Waals surface area (Å²) in [5, 5.41) is 6.16. The van der Waals surface area contributed by atoms with E-state index in [0.29, 0.717) is 0 Å². The van der Waals surface area contributed by atoms with Crippen LogP contribution in [0.4, 0.5) is 0 Å². The lowest BCUT2D eigenvalue weighted by Gasteiger charge is -2.23. The number of hydrogen-bond donors (Lipinski definition) is 2. The summed E-state index contributed by atoms with van der Waals surface area (Å²) >= 11 is 0. The average Bonchev–Trinajstić information content (AvgIpc) is 2.51. The van der Waals surface area contributed by atoms with E-state index < -0.39 is 0 Å². The number of carbonyl (C=O) groups excluding carboxylic acids is 1. The summed E-state index contributed by atoms with van der Waals surface area (Å²) in [6.07, 6.45) is 0.729. The molecular formula is C17H18N2O. The fourth-order valence-electron chi connectivity index (χ4n) is 2.56. The van der Waals surface area contributed by atoms with Crippen molar-refractivity contribution < 1.29 is 4.79 Å². The Bertz CT molecular complexity index is 595. The molecule has 0 aliphatic carbocycles. The Labute approximate surface area is 119 Å². The van der Waals surface area contributed by atoms with Gasteiger partial charge in [-0.15, -0.1) is 0 Å². The fourth-order valence-corrected chi connectivity index (χ4v) is 2.56. The van der Waals surface area contributed by atoms with E-state index in [4.69, 9.17) is 0 Å². The Morgan fingerprint density at radius 3 is 2.55 bits per heavy atom. The number of nitrogens with one attached hydrogen (secondary N) is 2. The second kappa shape index (κ2) is 5.88. The molecule has 2 aromatic carbocycles. The van der Waals surface area contributed by atoms with Crippen LogP contribution in [0.5, 0.6) is 0 Å². The molecule has 0 aromatic heterocycles. The SMILES string of the molecule is O=C1NCCNC1Cc1cccc(-c2ccccc2)c1. The molecule has 1 amide bonds. The van der Waals surface area contributed by atoms with Gasteiger partial charge in [0.25, 0.3) is 0 Å². The third-order valence-corrected chi connectivity index (χ3v) is 3.61. The van der Waals surface area contributed by atoms with Crippen LogP contribution in [0.25, 0.3) is 11.1 Å². The molecule has 0 spiro atoms. The number of carbonyl (C=O) groups is 1. The predicted molar refractivity (Wildman–Crippen MR) is 80.4 cm³/mol. The molecule has 102 valence electrons. The predicted octanol–water partition coefficient (Wildman–Crippen LogP) is 1.98. The highest BCUT2D eigenvalue weighted by molar-refractivity contribution is 5.82. The Hall–Kier alpha value is -2.13. The third-order valence-electron chi connectivity index (χ3n) is 3.61. The molecule has 1 atom stereocenters. The maximum absolute atomic E-state index is 11.8. The monoisotopic (exact) mass is 266 g/mol. The van der Waals surface area contributed by atoms with Crippen molar-refractivity contribution in [2.24, 2.45) is 0 Å². The van der Waals surface area contributed by atoms with Crippen molar-refractivity contribution in [3.05, 3.63) is 60.2 Å². The van der Waals surface area contributed by atoms with Gasteiger partial charge in [0.2, 0.25) is 5.91 Å². The Morgan fingerprint density at radius 2 is 1.75 bits per heavy atom. The smallest absolute Gasteiger partial charge is 0.237 e. The lowest BCUT2D eigenvalue weighted by atomic mass is 9.98. The summed E-state index contributed by atoms with van der Waals surface area (Å²) in [6, 6.07) is 18.6. The minimum absolute atomic E-state index is 0.0985. The van der Waals surface area contributed by atoms with Crippen LogP contribution in [0.3, 0.4) is 0 Å². The van der Waals surface area contributed by atoms with Crippen LogP contribution in [0.1, 0.15) is 5.56 Å². The molecule has 0 saturated carbocycles. The zero-order valence-electron chi connectivity index (χ0n) is 11.3. The third kappa shape index (κ3) is 2.89. The number of rotatable bonds is 3. The molecule has 2 N–H and O–H groups in total. The first kappa shape index (κ1) is 12.9. The second-order valence-corrected chi connectivity index (χ2v) is 5.07. The maximum Gasteiger partial charge on any atom is 0.237 e. The summed E-state index contributed by atoms with van der Waals surface area (Å²) in [5.74, 6) is 0.0985. The quantitative estimate of drug-likeness (QED) is 0.892. The van der Waals surface area contributed by atoms with Gasteiger partial charge in [-0.3, -0.25) is 4.79 Å². The van der Waals surface area contributed by atoms with E-state index in [0.717, 1.165) is 19.5 Å². The van der Waals surface area contributed by atoms with E-state index in [1.165, 1.54) is 16.7 Å². The van der Waals surface area contributed by atoms with Crippen LogP contribution >= 0.6 is 0 Å².